The molecule has 1 heterocycles. The number of aryl methyl sites for hydroxylation is 2. The lowest BCUT2D eigenvalue weighted by Crippen LogP contribution is -2.44. The van der Waals surface area contributed by atoms with Crippen molar-refractivity contribution in [1.82, 2.24) is 9.80 Å². The topological polar surface area (TPSA) is 40.6 Å². The Bertz CT molecular complexity index is 872. The van der Waals surface area contributed by atoms with Gasteiger partial charge in [-0.05, 0) is 56.4 Å². The molecular weight excluding hydrogens is 336 g/mol. The monoisotopic (exact) mass is 362 g/mol. The maximum Gasteiger partial charge on any atom is 0.254 e. The molecule has 1 aliphatic carbocycles. The predicted molar refractivity (Wildman–Crippen MR) is 106 cm³/mol. The number of carbonyl (C=O) groups is 2. The quantitative estimate of drug-likeness (QED) is 0.829. The van der Waals surface area contributed by atoms with Crippen LogP contribution in [0.2, 0.25) is 0 Å². The molecule has 2 amide bonds. The van der Waals surface area contributed by atoms with Gasteiger partial charge in [0.1, 0.15) is 0 Å². The van der Waals surface area contributed by atoms with E-state index < -0.39 is 0 Å². The lowest BCUT2D eigenvalue weighted by molar-refractivity contribution is 0.0640. The number of carbonyl (C=O) groups excluding carboxylic acids is 2. The van der Waals surface area contributed by atoms with E-state index in [1.165, 1.54) is 0 Å². The normalized spacial score (nSPS) is 19.2. The van der Waals surface area contributed by atoms with E-state index in [1.807, 2.05) is 67.3 Å². The van der Waals surface area contributed by atoms with Crippen LogP contribution in [0.5, 0.6) is 0 Å². The van der Waals surface area contributed by atoms with Crippen molar-refractivity contribution >= 4 is 11.8 Å². The highest BCUT2D eigenvalue weighted by atomic mass is 16.2. The van der Waals surface area contributed by atoms with Gasteiger partial charge in [0.05, 0.1) is 6.04 Å². The van der Waals surface area contributed by atoms with Gasteiger partial charge in [0.15, 0.2) is 0 Å². The average Bonchev–Trinajstić information content (AvgIpc) is 3.38. The molecule has 4 heteroatoms. The first-order chi connectivity index (χ1) is 13.1. The summed E-state index contributed by atoms with van der Waals surface area (Å²) in [5.74, 6) is 0.195. The van der Waals surface area contributed by atoms with Crippen LogP contribution >= 0.6 is 0 Å². The van der Waals surface area contributed by atoms with Crippen molar-refractivity contribution in [3.8, 4) is 0 Å². The van der Waals surface area contributed by atoms with Gasteiger partial charge in [0.25, 0.3) is 11.8 Å². The van der Waals surface area contributed by atoms with Crippen LogP contribution in [0.25, 0.3) is 0 Å². The molecule has 0 radical (unpaired) electrons. The summed E-state index contributed by atoms with van der Waals surface area (Å²) in [4.78, 5) is 30.2. The van der Waals surface area contributed by atoms with Crippen molar-refractivity contribution in [2.45, 2.75) is 45.2 Å². The summed E-state index contributed by atoms with van der Waals surface area (Å²) in [6.07, 6.45) is 2.99. The maximum absolute atomic E-state index is 13.3. The molecule has 0 N–H and O–H groups in total. The highest BCUT2D eigenvalue weighted by molar-refractivity contribution is 5.97. The van der Waals surface area contributed by atoms with Crippen LogP contribution in [0.3, 0.4) is 0 Å². The molecule has 2 fully saturated rings. The Hall–Kier alpha value is -2.62. The van der Waals surface area contributed by atoms with Gasteiger partial charge in [-0.15, -0.1) is 0 Å². The molecule has 1 saturated carbocycles. The molecule has 2 aromatic rings. The van der Waals surface area contributed by atoms with Crippen molar-refractivity contribution in [3.63, 3.8) is 0 Å². The first kappa shape index (κ1) is 17.8. The van der Waals surface area contributed by atoms with Crippen LogP contribution < -0.4 is 0 Å². The predicted octanol–water partition coefficient (Wildman–Crippen LogP) is 3.82. The molecule has 0 unspecified atom stereocenters. The van der Waals surface area contributed by atoms with Gasteiger partial charge in [-0.1, -0.05) is 36.4 Å². The summed E-state index contributed by atoms with van der Waals surface area (Å²) < 4.78 is 0. The second kappa shape index (κ2) is 7.18. The van der Waals surface area contributed by atoms with Crippen LogP contribution in [0.4, 0.5) is 0 Å². The van der Waals surface area contributed by atoms with Crippen molar-refractivity contribution in [2.24, 2.45) is 0 Å². The zero-order valence-electron chi connectivity index (χ0n) is 16.0. The van der Waals surface area contributed by atoms with E-state index in [0.717, 1.165) is 41.5 Å². The maximum atomic E-state index is 13.3. The minimum atomic E-state index is 0.0784. The summed E-state index contributed by atoms with van der Waals surface area (Å²) in [7, 11) is 0. The number of amides is 2. The number of hydrogen-bond donors (Lipinski definition) is 0. The van der Waals surface area contributed by atoms with Crippen molar-refractivity contribution in [1.29, 1.82) is 0 Å². The van der Waals surface area contributed by atoms with Crippen LogP contribution in [0, 0.1) is 13.8 Å². The Morgan fingerprint density at radius 3 is 2.04 bits per heavy atom. The van der Waals surface area contributed by atoms with Gasteiger partial charge in [-0.2, -0.15) is 0 Å². The molecule has 1 aliphatic heterocycles. The summed E-state index contributed by atoms with van der Waals surface area (Å²) in [5, 5.41) is 0. The molecule has 0 aromatic heterocycles. The summed E-state index contributed by atoms with van der Waals surface area (Å²) in [5.41, 5.74) is 3.56. The zero-order chi connectivity index (χ0) is 19.0. The summed E-state index contributed by atoms with van der Waals surface area (Å²) in [6.45, 7) is 5.29. The lowest BCUT2D eigenvalue weighted by atomic mass is 10.1. The lowest BCUT2D eigenvalue weighted by Gasteiger charge is -2.30. The van der Waals surface area contributed by atoms with Gasteiger partial charge < -0.3 is 9.80 Å². The standard InChI is InChI=1S/C23H26N2O2/c1-16-7-3-5-9-20(16)22(26)24-14-13-19(15-24)25(18-11-12-18)23(27)21-10-6-4-8-17(21)2/h3-10,18-19H,11-15H2,1-2H3/t19-/m0/s1. The average molecular weight is 362 g/mol. The van der Waals surface area contributed by atoms with Crippen molar-refractivity contribution < 1.29 is 9.59 Å². The van der Waals surface area contributed by atoms with E-state index in [2.05, 4.69) is 4.90 Å². The first-order valence-corrected chi connectivity index (χ1v) is 9.79. The van der Waals surface area contributed by atoms with Gasteiger partial charge in [-0.3, -0.25) is 9.59 Å². The van der Waals surface area contributed by atoms with Crippen LogP contribution in [0.15, 0.2) is 48.5 Å². The summed E-state index contributed by atoms with van der Waals surface area (Å²) >= 11 is 0. The third-order valence-corrected chi connectivity index (χ3v) is 5.77. The van der Waals surface area contributed by atoms with E-state index in [-0.39, 0.29) is 17.9 Å². The third-order valence-electron chi connectivity index (χ3n) is 5.77. The number of hydrogen-bond acceptors (Lipinski definition) is 2. The molecule has 2 aliphatic rings. The van der Waals surface area contributed by atoms with Crippen LogP contribution in [-0.2, 0) is 0 Å². The van der Waals surface area contributed by atoms with Gasteiger partial charge in [0.2, 0.25) is 0 Å². The Kier molecular flexibility index (Phi) is 4.73. The van der Waals surface area contributed by atoms with E-state index >= 15 is 0 Å². The van der Waals surface area contributed by atoms with Crippen LogP contribution in [-0.4, -0.2) is 46.8 Å². The smallest absolute Gasteiger partial charge is 0.254 e. The highest BCUT2D eigenvalue weighted by Crippen LogP contribution is 2.33. The molecule has 0 spiro atoms. The van der Waals surface area contributed by atoms with Gasteiger partial charge in [-0.25, -0.2) is 0 Å². The fraction of sp³-hybridized carbons (Fsp3) is 0.391. The number of rotatable bonds is 4. The van der Waals surface area contributed by atoms with Crippen molar-refractivity contribution in [3.05, 3.63) is 70.8 Å². The molecule has 27 heavy (non-hydrogen) atoms. The molecular formula is C23H26N2O2. The minimum Gasteiger partial charge on any atom is -0.336 e. The van der Waals surface area contributed by atoms with E-state index in [9.17, 15) is 9.59 Å². The SMILES string of the molecule is Cc1ccccc1C(=O)N1CC[C@H](N(C(=O)c2ccccc2C)C2CC2)C1. The third kappa shape index (κ3) is 3.48. The Balaban J connectivity index is 1.52. The zero-order valence-corrected chi connectivity index (χ0v) is 16.0. The van der Waals surface area contributed by atoms with Crippen LogP contribution in [0.1, 0.15) is 51.1 Å². The molecule has 1 saturated heterocycles. The number of likely N-dealkylation sites (tertiary alicyclic amines) is 1. The summed E-state index contributed by atoms with van der Waals surface area (Å²) in [6, 6.07) is 16.0. The molecule has 4 rings (SSSR count). The molecule has 2 aromatic carbocycles. The Morgan fingerprint density at radius 1 is 0.852 bits per heavy atom. The highest BCUT2D eigenvalue weighted by Gasteiger charge is 2.41. The first-order valence-electron chi connectivity index (χ1n) is 9.79. The van der Waals surface area contributed by atoms with Crippen molar-refractivity contribution in [2.75, 3.05) is 13.1 Å². The Morgan fingerprint density at radius 2 is 1.44 bits per heavy atom. The fourth-order valence-corrected chi connectivity index (χ4v) is 4.07. The van der Waals surface area contributed by atoms with Gasteiger partial charge in [0, 0.05) is 30.3 Å². The molecule has 140 valence electrons. The second-order valence-electron chi connectivity index (χ2n) is 7.77. The van der Waals surface area contributed by atoms with Gasteiger partial charge >= 0.3 is 0 Å². The minimum absolute atomic E-state index is 0.0784. The number of benzene rings is 2. The van der Waals surface area contributed by atoms with E-state index in [4.69, 9.17) is 0 Å². The fourth-order valence-electron chi connectivity index (χ4n) is 4.07. The largest absolute Gasteiger partial charge is 0.336 e. The molecule has 0 bridgehead atoms. The molecule has 1 atom stereocenters. The van der Waals surface area contributed by atoms with E-state index in [1.54, 1.807) is 0 Å². The van der Waals surface area contributed by atoms with E-state index in [0.29, 0.717) is 19.1 Å². The molecule has 4 nitrogen and oxygen atoms in total. The second-order valence-corrected chi connectivity index (χ2v) is 7.77. The Labute approximate surface area is 160 Å². The number of nitrogens with zero attached hydrogens (tertiary/aromatic N) is 2.